The predicted octanol–water partition coefficient (Wildman–Crippen LogP) is 1.45. The van der Waals surface area contributed by atoms with E-state index in [0.29, 0.717) is 49.0 Å². The highest BCUT2D eigenvalue weighted by molar-refractivity contribution is 7.99. The molecule has 0 aromatic carbocycles. The maximum absolute atomic E-state index is 12.9. The van der Waals surface area contributed by atoms with Crippen molar-refractivity contribution in [3.8, 4) is 0 Å². The Kier molecular flexibility index (Phi) is 6.44. The maximum Gasteiger partial charge on any atom is 0.257 e. The smallest absolute Gasteiger partial charge is 0.257 e. The summed E-state index contributed by atoms with van der Waals surface area (Å²) in [6.07, 6.45) is 0.648. The van der Waals surface area contributed by atoms with Crippen molar-refractivity contribution >= 4 is 45.8 Å². The van der Waals surface area contributed by atoms with E-state index in [-0.39, 0.29) is 24.3 Å². The minimum Gasteiger partial charge on any atom is -0.383 e. The molecule has 0 radical (unpaired) electrons. The Morgan fingerprint density at radius 1 is 1.30 bits per heavy atom. The van der Waals surface area contributed by atoms with E-state index in [2.05, 4.69) is 0 Å². The number of methoxy groups -OCH3 is 1. The Labute approximate surface area is 167 Å². The molecular formula is C18H25N3O4S2. The number of likely N-dealkylation sites (N-methyl/N-ethyl adjacent to an activating group) is 1. The molecule has 3 amide bonds. The van der Waals surface area contributed by atoms with E-state index in [4.69, 9.17) is 4.74 Å². The van der Waals surface area contributed by atoms with Crippen molar-refractivity contribution in [1.29, 1.82) is 0 Å². The Hall–Kier alpha value is -1.58. The number of carbonyl (C=O) groups is 3. The van der Waals surface area contributed by atoms with Crippen LogP contribution in [0.15, 0.2) is 0 Å². The molecule has 0 bridgehead atoms. The van der Waals surface area contributed by atoms with Crippen LogP contribution in [0.3, 0.4) is 0 Å². The Morgan fingerprint density at radius 3 is 2.78 bits per heavy atom. The van der Waals surface area contributed by atoms with E-state index in [0.717, 1.165) is 16.2 Å². The minimum absolute atomic E-state index is 0.0670. The highest BCUT2D eigenvalue weighted by atomic mass is 32.2. The van der Waals surface area contributed by atoms with E-state index in [1.807, 2.05) is 11.8 Å². The third kappa shape index (κ3) is 4.00. The number of thioether (sulfide) groups is 1. The number of hydrogen-bond acceptors (Lipinski definition) is 6. The van der Waals surface area contributed by atoms with Gasteiger partial charge in [-0.15, -0.1) is 11.3 Å². The number of fused-ring (bicyclic) bond motifs is 3. The topological polar surface area (TPSA) is 70.2 Å². The monoisotopic (exact) mass is 411 g/mol. The van der Waals surface area contributed by atoms with Gasteiger partial charge in [0.15, 0.2) is 0 Å². The van der Waals surface area contributed by atoms with Gasteiger partial charge < -0.3 is 14.5 Å². The van der Waals surface area contributed by atoms with Crippen LogP contribution in [0, 0.1) is 0 Å². The fourth-order valence-electron chi connectivity index (χ4n) is 3.37. The van der Waals surface area contributed by atoms with Crippen LogP contribution in [0.25, 0.3) is 0 Å². The molecule has 3 rings (SSSR count). The number of amides is 3. The quantitative estimate of drug-likeness (QED) is 0.709. The van der Waals surface area contributed by atoms with Crippen molar-refractivity contribution in [3.05, 3.63) is 16.0 Å². The SMILES string of the molecule is CCSCC(=O)N1CCc2c(sc3c2C(=O)N(C)CC(=O)N3CCOC)C1. The van der Waals surface area contributed by atoms with Gasteiger partial charge in [0.2, 0.25) is 11.8 Å². The molecule has 1 aromatic heterocycles. The second-order valence-electron chi connectivity index (χ2n) is 6.59. The Bertz CT molecular complexity index is 749. The van der Waals surface area contributed by atoms with Crippen LogP contribution in [-0.2, 0) is 27.3 Å². The van der Waals surface area contributed by atoms with Crippen LogP contribution >= 0.6 is 23.1 Å². The van der Waals surface area contributed by atoms with Gasteiger partial charge in [0.25, 0.3) is 5.91 Å². The molecule has 3 heterocycles. The molecule has 148 valence electrons. The third-order valence-electron chi connectivity index (χ3n) is 4.82. The fourth-order valence-corrected chi connectivity index (χ4v) is 5.32. The summed E-state index contributed by atoms with van der Waals surface area (Å²) in [6.45, 7) is 4.05. The maximum atomic E-state index is 12.9. The first-order valence-corrected chi connectivity index (χ1v) is 11.0. The fraction of sp³-hybridized carbons (Fsp3) is 0.611. The van der Waals surface area contributed by atoms with Crippen molar-refractivity contribution in [2.24, 2.45) is 0 Å². The summed E-state index contributed by atoms with van der Waals surface area (Å²) in [7, 11) is 3.26. The molecular weight excluding hydrogens is 386 g/mol. The van der Waals surface area contributed by atoms with Crippen molar-refractivity contribution in [1.82, 2.24) is 9.80 Å². The Balaban J connectivity index is 1.93. The van der Waals surface area contributed by atoms with Crippen molar-refractivity contribution in [2.75, 3.05) is 56.8 Å². The molecule has 0 fully saturated rings. The van der Waals surface area contributed by atoms with Crippen molar-refractivity contribution in [2.45, 2.75) is 19.9 Å². The molecule has 2 aliphatic heterocycles. The molecule has 2 aliphatic rings. The lowest BCUT2D eigenvalue weighted by Gasteiger charge is -2.27. The zero-order valence-electron chi connectivity index (χ0n) is 15.9. The van der Waals surface area contributed by atoms with E-state index in [9.17, 15) is 14.4 Å². The summed E-state index contributed by atoms with van der Waals surface area (Å²) >= 11 is 3.08. The molecule has 0 saturated carbocycles. The average Bonchev–Trinajstić information content (AvgIpc) is 3.00. The van der Waals surface area contributed by atoms with Gasteiger partial charge in [-0.05, 0) is 17.7 Å². The summed E-state index contributed by atoms with van der Waals surface area (Å²) in [5, 5.41) is 0.702. The summed E-state index contributed by atoms with van der Waals surface area (Å²) < 4.78 is 5.15. The lowest BCUT2D eigenvalue weighted by molar-refractivity contribution is -0.129. The number of ether oxygens (including phenoxy) is 1. The van der Waals surface area contributed by atoms with E-state index >= 15 is 0 Å². The van der Waals surface area contributed by atoms with Gasteiger partial charge in [-0.2, -0.15) is 11.8 Å². The molecule has 27 heavy (non-hydrogen) atoms. The van der Waals surface area contributed by atoms with Crippen LogP contribution in [0.1, 0.15) is 27.7 Å². The second kappa shape index (κ2) is 8.62. The summed E-state index contributed by atoms with van der Waals surface area (Å²) in [5.41, 5.74) is 1.63. The van der Waals surface area contributed by atoms with Crippen molar-refractivity contribution < 1.29 is 19.1 Å². The first kappa shape index (κ1) is 20.2. The van der Waals surface area contributed by atoms with Gasteiger partial charge in [-0.25, -0.2) is 0 Å². The highest BCUT2D eigenvalue weighted by Gasteiger charge is 2.37. The zero-order chi connectivity index (χ0) is 19.6. The van der Waals surface area contributed by atoms with Gasteiger partial charge >= 0.3 is 0 Å². The third-order valence-corrected chi connectivity index (χ3v) is 6.92. The number of carbonyl (C=O) groups excluding carboxylic acids is 3. The first-order chi connectivity index (χ1) is 13.0. The second-order valence-corrected chi connectivity index (χ2v) is 8.94. The van der Waals surface area contributed by atoms with Gasteiger partial charge in [-0.3, -0.25) is 19.3 Å². The average molecular weight is 412 g/mol. The molecule has 0 atom stereocenters. The lowest BCUT2D eigenvalue weighted by atomic mass is 10.0. The Morgan fingerprint density at radius 2 is 2.07 bits per heavy atom. The van der Waals surface area contributed by atoms with Crippen LogP contribution < -0.4 is 4.90 Å². The molecule has 0 aliphatic carbocycles. The van der Waals surface area contributed by atoms with Crippen molar-refractivity contribution in [3.63, 3.8) is 0 Å². The number of anilines is 1. The summed E-state index contributed by atoms with van der Waals surface area (Å²) in [4.78, 5) is 44.0. The highest BCUT2D eigenvalue weighted by Crippen LogP contribution is 2.41. The normalized spacial score (nSPS) is 17.1. The van der Waals surface area contributed by atoms with Crippen LogP contribution in [0.5, 0.6) is 0 Å². The predicted molar refractivity (Wildman–Crippen MR) is 108 cm³/mol. The van der Waals surface area contributed by atoms with Gasteiger partial charge in [0, 0.05) is 25.6 Å². The largest absolute Gasteiger partial charge is 0.383 e. The molecule has 0 saturated heterocycles. The van der Waals surface area contributed by atoms with Gasteiger partial charge in [0.05, 0.1) is 31.0 Å². The minimum atomic E-state index is -0.114. The number of nitrogens with zero attached hydrogens (tertiary/aromatic N) is 3. The zero-order valence-corrected chi connectivity index (χ0v) is 17.6. The molecule has 0 N–H and O–H groups in total. The van der Waals surface area contributed by atoms with Gasteiger partial charge in [-0.1, -0.05) is 6.92 Å². The molecule has 0 spiro atoms. The molecule has 0 unspecified atom stereocenters. The number of rotatable bonds is 6. The van der Waals surface area contributed by atoms with Crippen LogP contribution in [0.4, 0.5) is 5.00 Å². The lowest BCUT2D eigenvalue weighted by Crippen LogP contribution is -2.39. The van der Waals surface area contributed by atoms with Gasteiger partial charge in [0.1, 0.15) is 11.5 Å². The van der Waals surface area contributed by atoms with Crippen LogP contribution in [0.2, 0.25) is 0 Å². The van der Waals surface area contributed by atoms with E-state index < -0.39 is 0 Å². The summed E-state index contributed by atoms with van der Waals surface area (Å²) in [5.74, 6) is 1.31. The molecule has 7 nitrogen and oxygen atoms in total. The van der Waals surface area contributed by atoms with E-state index in [1.54, 1.807) is 30.8 Å². The first-order valence-electron chi connectivity index (χ1n) is 9.02. The number of hydrogen-bond donors (Lipinski definition) is 0. The standard InChI is InChI=1S/C18H25N3O4S2/c1-4-26-11-15(23)20-6-5-12-13(9-20)27-18-16(12)17(24)19(2)10-14(22)21(18)7-8-25-3/h4-11H2,1-3H3. The molecule has 1 aromatic rings. The molecule has 9 heteroatoms. The number of thiophene rings is 1. The van der Waals surface area contributed by atoms with Crippen LogP contribution in [-0.4, -0.2) is 79.4 Å². The summed E-state index contributed by atoms with van der Waals surface area (Å²) in [6, 6.07) is 0. The van der Waals surface area contributed by atoms with E-state index in [1.165, 1.54) is 16.2 Å².